The monoisotopic (exact) mass is 204 g/mol. The van der Waals surface area contributed by atoms with Crippen molar-refractivity contribution in [3.05, 3.63) is 36.0 Å². The van der Waals surface area contributed by atoms with Gasteiger partial charge in [0.15, 0.2) is 7.11 Å². The SMILES string of the molecule is C[O+]=C(O)c1cc(O)c2ccccc2n1. The number of para-hydroxylation sites is 1. The van der Waals surface area contributed by atoms with E-state index >= 15 is 0 Å². The first-order chi connectivity index (χ1) is 7.22. The van der Waals surface area contributed by atoms with Gasteiger partial charge in [0, 0.05) is 11.5 Å². The second-order valence-corrected chi connectivity index (χ2v) is 3.05. The van der Waals surface area contributed by atoms with Crippen LogP contribution >= 0.6 is 0 Å². The normalized spacial score (nSPS) is 11.9. The molecule has 0 aliphatic rings. The molecule has 0 radical (unpaired) electrons. The zero-order chi connectivity index (χ0) is 10.8. The number of benzene rings is 1. The van der Waals surface area contributed by atoms with Crippen LogP contribution in [-0.4, -0.2) is 28.3 Å². The van der Waals surface area contributed by atoms with E-state index < -0.39 is 0 Å². The van der Waals surface area contributed by atoms with Crippen LogP contribution < -0.4 is 0 Å². The predicted molar refractivity (Wildman–Crippen MR) is 56.3 cm³/mol. The molecule has 0 unspecified atom stereocenters. The zero-order valence-electron chi connectivity index (χ0n) is 8.14. The molecule has 0 bridgehead atoms. The Labute approximate surface area is 86.1 Å². The Balaban J connectivity index is 2.73. The standard InChI is InChI=1S/C11H9NO3/c1-15-11(14)9-6-10(13)7-4-2-3-5-8(7)12-9/h2-6H,1H3,(H-,12,13,14)/p+1. The lowest BCUT2D eigenvalue weighted by Gasteiger charge is -1.99. The summed E-state index contributed by atoms with van der Waals surface area (Å²) in [6, 6.07) is 8.49. The summed E-state index contributed by atoms with van der Waals surface area (Å²) in [6.07, 6.45) is 0. The van der Waals surface area contributed by atoms with Gasteiger partial charge in [-0.2, -0.15) is 0 Å². The van der Waals surface area contributed by atoms with Gasteiger partial charge >= 0.3 is 5.97 Å². The molecule has 0 fully saturated rings. The van der Waals surface area contributed by atoms with Gasteiger partial charge in [0.25, 0.3) is 0 Å². The van der Waals surface area contributed by atoms with E-state index in [0.717, 1.165) is 0 Å². The second kappa shape index (κ2) is 3.57. The van der Waals surface area contributed by atoms with E-state index in [9.17, 15) is 10.2 Å². The Hall–Kier alpha value is -2.10. The van der Waals surface area contributed by atoms with Crippen LogP contribution in [0, 0.1) is 0 Å². The molecule has 15 heavy (non-hydrogen) atoms. The third kappa shape index (κ3) is 1.61. The van der Waals surface area contributed by atoms with Crippen LogP contribution in [0.15, 0.2) is 30.3 Å². The van der Waals surface area contributed by atoms with Crippen molar-refractivity contribution in [1.82, 2.24) is 4.98 Å². The first-order valence-electron chi connectivity index (χ1n) is 4.41. The number of aliphatic hydroxyl groups excluding tert-OH is 1. The fraction of sp³-hybridized carbons (Fsp3) is 0.0909. The molecule has 2 rings (SSSR count). The van der Waals surface area contributed by atoms with E-state index in [4.69, 9.17) is 0 Å². The topological polar surface area (TPSA) is 64.7 Å². The van der Waals surface area contributed by atoms with Gasteiger partial charge in [-0.1, -0.05) is 12.1 Å². The molecular formula is C11H10NO3+. The van der Waals surface area contributed by atoms with E-state index in [1.807, 2.05) is 12.1 Å². The van der Waals surface area contributed by atoms with E-state index in [-0.39, 0.29) is 17.4 Å². The highest BCUT2D eigenvalue weighted by Crippen LogP contribution is 2.23. The molecule has 2 aromatic rings. The lowest BCUT2D eigenvalue weighted by atomic mass is 10.2. The highest BCUT2D eigenvalue weighted by molar-refractivity contribution is 5.93. The lowest BCUT2D eigenvalue weighted by Crippen LogP contribution is -2.02. The summed E-state index contributed by atoms with van der Waals surface area (Å²) < 4.78 is 4.64. The highest BCUT2D eigenvalue weighted by atomic mass is 16.5. The number of hydrogen-bond donors (Lipinski definition) is 2. The third-order valence-corrected chi connectivity index (χ3v) is 2.11. The molecule has 1 aromatic carbocycles. The van der Waals surface area contributed by atoms with Crippen molar-refractivity contribution in [2.24, 2.45) is 0 Å². The van der Waals surface area contributed by atoms with Crippen LogP contribution in [0.3, 0.4) is 0 Å². The Kier molecular flexibility index (Phi) is 2.25. The molecule has 2 N–H and O–H groups in total. The summed E-state index contributed by atoms with van der Waals surface area (Å²) in [6.45, 7) is 0. The third-order valence-electron chi connectivity index (χ3n) is 2.11. The van der Waals surface area contributed by atoms with Gasteiger partial charge in [0.1, 0.15) is 5.75 Å². The number of aromatic hydroxyl groups is 1. The van der Waals surface area contributed by atoms with Gasteiger partial charge in [-0.3, -0.25) is 0 Å². The number of hydrogen-bond acceptors (Lipinski definition) is 2. The molecular weight excluding hydrogens is 194 g/mol. The van der Waals surface area contributed by atoms with Crippen LogP contribution in [0.4, 0.5) is 0 Å². The van der Waals surface area contributed by atoms with Crippen LogP contribution in [0.25, 0.3) is 10.9 Å². The molecule has 4 nitrogen and oxygen atoms in total. The van der Waals surface area contributed by atoms with Gasteiger partial charge in [-0.15, -0.1) is 0 Å². The van der Waals surface area contributed by atoms with Crippen LogP contribution in [0.5, 0.6) is 5.75 Å². The highest BCUT2D eigenvalue weighted by Gasteiger charge is 2.16. The molecule has 0 atom stereocenters. The van der Waals surface area contributed by atoms with Gasteiger partial charge < -0.3 is 14.6 Å². The van der Waals surface area contributed by atoms with E-state index in [2.05, 4.69) is 9.41 Å². The fourth-order valence-corrected chi connectivity index (χ4v) is 1.37. The molecule has 1 heterocycles. The van der Waals surface area contributed by atoms with E-state index in [0.29, 0.717) is 10.9 Å². The van der Waals surface area contributed by atoms with Crippen LogP contribution in [0.2, 0.25) is 0 Å². The minimum absolute atomic E-state index is 0.0687. The molecule has 0 aliphatic heterocycles. The molecule has 0 saturated carbocycles. The molecule has 0 spiro atoms. The average Bonchev–Trinajstić information content (AvgIpc) is 2.28. The fourth-order valence-electron chi connectivity index (χ4n) is 1.37. The number of carboxylic acid groups (broad SMARTS) is 1. The summed E-state index contributed by atoms with van der Waals surface area (Å²) in [7, 11) is 1.34. The largest absolute Gasteiger partial charge is 0.536 e. The Morgan fingerprint density at radius 2 is 2.07 bits per heavy atom. The number of rotatable bonds is 1. The van der Waals surface area contributed by atoms with Crippen molar-refractivity contribution >= 4 is 16.9 Å². The summed E-state index contributed by atoms with van der Waals surface area (Å²) in [5.74, 6) is -0.241. The number of fused-ring (bicyclic) bond motifs is 1. The average molecular weight is 204 g/mol. The van der Waals surface area contributed by atoms with Crippen LogP contribution in [-0.2, 0) is 0 Å². The van der Waals surface area contributed by atoms with Crippen molar-refractivity contribution in [2.75, 3.05) is 7.11 Å². The minimum atomic E-state index is -0.309. The maximum Gasteiger partial charge on any atom is 0.536 e. The smallest absolute Gasteiger partial charge is 0.507 e. The number of pyridine rings is 1. The Morgan fingerprint density at radius 3 is 2.80 bits per heavy atom. The van der Waals surface area contributed by atoms with E-state index in [1.54, 1.807) is 12.1 Å². The van der Waals surface area contributed by atoms with Crippen molar-refractivity contribution in [2.45, 2.75) is 0 Å². The van der Waals surface area contributed by atoms with Gasteiger partial charge in [-0.05, 0) is 12.1 Å². The summed E-state index contributed by atoms with van der Waals surface area (Å²) in [5, 5.41) is 19.7. The Bertz CT molecular complexity index is 534. The van der Waals surface area contributed by atoms with E-state index in [1.165, 1.54) is 13.2 Å². The summed E-state index contributed by atoms with van der Waals surface area (Å²) in [4.78, 5) is 4.13. The first-order valence-corrected chi connectivity index (χ1v) is 4.41. The second-order valence-electron chi connectivity index (χ2n) is 3.05. The van der Waals surface area contributed by atoms with Crippen molar-refractivity contribution in [3.8, 4) is 5.75 Å². The minimum Gasteiger partial charge on any atom is -0.507 e. The van der Waals surface area contributed by atoms with Crippen LogP contribution in [0.1, 0.15) is 10.1 Å². The predicted octanol–water partition coefficient (Wildman–Crippen LogP) is 1.80. The molecule has 4 heteroatoms. The number of aromatic carboxylic acids is 1. The molecule has 0 amide bonds. The quantitative estimate of drug-likeness (QED) is 0.696. The van der Waals surface area contributed by atoms with Gasteiger partial charge in [-0.25, -0.2) is 4.98 Å². The Morgan fingerprint density at radius 1 is 1.33 bits per heavy atom. The van der Waals surface area contributed by atoms with Crippen molar-refractivity contribution in [3.63, 3.8) is 0 Å². The lowest BCUT2D eigenvalue weighted by molar-refractivity contribution is -0.238. The zero-order valence-corrected chi connectivity index (χ0v) is 8.14. The number of nitrogens with zero attached hydrogens (tertiary/aromatic N) is 1. The molecule has 0 saturated heterocycles. The van der Waals surface area contributed by atoms with Crippen molar-refractivity contribution in [1.29, 1.82) is 0 Å². The maximum atomic E-state index is 9.68. The maximum absolute atomic E-state index is 9.68. The summed E-state index contributed by atoms with van der Waals surface area (Å²) in [5.41, 5.74) is 0.824. The van der Waals surface area contributed by atoms with Gasteiger partial charge in [0.05, 0.1) is 5.52 Å². The molecule has 76 valence electrons. The van der Waals surface area contributed by atoms with Gasteiger partial charge in [0.2, 0.25) is 5.69 Å². The number of carboxylic acids is 1. The first kappa shape index (κ1) is 9.45. The number of aromatic nitrogens is 1. The van der Waals surface area contributed by atoms with Crippen molar-refractivity contribution < 1.29 is 14.6 Å². The molecule has 0 aliphatic carbocycles. The summed E-state index contributed by atoms with van der Waals surface area (Å²) >= 11 is 0. The molecule has 1 aromatic heterocycles.